The lowest BCUT2D eigenvalue weighted by molar-refractivity contribution is -0.138. The molecule has 0 atom stereocenters. The molecule has 31 heavy (non-hydrogen) atoms. The topological polar surface area (TPSA) is 99.0 Å². The quantitative estimate of drug-likeness (QED) is 0.435. The van der Waals surface area contributed by atoms with Crippen LogP contribution in [0.2, 0.25) is 0 Å². The van der Waals surface area contributed by atoms with E-state index in [0.29, 0.717) is 0 Å². The molecule has 0 aliphatic carbocycles. The molecule has 0 aromatic heterocycles. The highest BCUT2D eigenvalue weighted by Crippen LogP contribution is 2.36. The van der Waals surface area contributed by atoms with Gasteiger partial charge >= 0.3 is 6.18 Å². The summed E-state index contributed by atoms with van der Waals surface area (Å²) < 4.78 is 58.8. The number of carbonyl (C=O) groups excluding carboxylic acids is 1. The van der Waals surface area contributed by atoms with Crippen LogP contribution in [-0.4, -0.2) is 21.2 Å². The third kappa shape index (κ3) is 5.16. The number of nitrogens with one attached hydrogen (secondary N) is 1. The molecule has 10 heteroatoms. The first-order valence-electron chi connectivity index (χ1n) is 8.71. The first-order chi connectivity index (χ1) is 14.5. The van der Waals surface area contributed by atoms with Crippen molar-refractivity contribution in [2.24, 2.45) is 0 Å². The average molecular weight is 437 g/mol. The number of hydrogen-bond donors (Lipinski definition) is 4. The Kier molecular flexibility index (Phi) is 5.91. The average Bonchev–Trinajstić information content (AvgIpc) is 2.67. The fraction of sp³-hybridized carbons (Fsp3) is 0.0952. The van der Waals surface area contributed by atoms with Gasteiger partial charge in [-0.3, -0.25) is 4.79 Å². The number of phenols is 3. The molecule has 0 fully saturated rings. The maximum absolute atomic E-state index is 13.5. The van der Waals surface area contributed by atoms with Gasteiger partial charge in [0, 0.05) is 18.7 Å². The van der Waals surface area contributed by atoms with Gasteiger partial charge in [-0.1, -0.05) is 6.07 Å². The molecule has 0 aliphatic heterocycles. The molecule has 3 aromatic carbocycles. The van der Waals surface area contributed by atoms with E-state index in [0.717, 1.165) is 36.4 Å². The van der Waals surface area contributed by atoms with Crippen LogP contribution >= 0.6 is 0 Å². The summed E-state index contributed by atoms with van der Waals surface area (Å²) in [5, 5.41) is 30.9. The van der Waals surface area contributed by atoms with Crippen molar-refractivity contribution in [2.75, 3.05) is 0 Å². The van der Waals surface area contributed by atoms with Crippen molar-refractivity contribution in [3.63, 3.8) is 0 Å². The van der Waals surface area contributed by atoms with Gasteiger partial charge in [-0.25, -0.2) is 4.39 Å². The van der Waals surface area contributed by atoms with Gasteiger partial charge < -0.3 is 25.4 Å². The number of amides is 1. The molecule has 3 rings (SSSR count). The van der Waals surface area contributed by atoms with E-state index >= 15 is 0 Å². The zero-order valence-electron chi connectivity index (χ0n) is 15.6. The summed E-state index contributed by atoms with van der Waals surface area (Å²) in [4.78, 5) is 12.2. The van der Waals surface area contributed by atoms with Crippen LogP contribution in [0, 0.1) is 5.82 Å². The third-order valence-electron chi connectivity index (χ3n) is 4.18. The summed E-state index contributed by atoms with van der Waals surface area (Å²) in [5.41, 5.74) is -1.97. The van der Waals surface area contributed by atoms with Gasteiger partial charge in [-0.15, -0.1) is 0 Å². The van der Waals surface area contributed by atoms with Crippen molar-refractivity contribution in [2.45, 2.75) is 12.7 Å². The Balaban J connectivity index is 1.82. The van der Waals surface area contributed by atoms with Crippen LogP contribution < -0.4 is 10.1 Å². The minimum Gasteiger partial charge on any atom is -0.508 e. The molecular weight excluding hydrogens is 422 g/mol. The van der Waals surface area contributed by atoms with Crippen molar-refractivity contribution in [1.82, 2.24) is 5.32 Å². The van der Waals surface area contributed by atoms with Crippen LogP contribution in [0.15, 0.2) is 54.6 Å². The molecule has 1 amide bonds. The third-order valence-corrected chi connectivity index (χ3v) is 4.18. The number of ether oxygens (including phenoxy) is 1. The maximum atomic E-state index is 13.5. The molecule has 4 N–H and O–H groups in total. The summed E-state index contributed by atoms with van der Waals surface area (Å²) in [6.45, 7) is -0.579. The summed E-state index contributed by atoms with van der Waals surface area (Å²) in [5.74, 6) is -3.57. The van der Waals surface area contributed by atoms with Gasteiger partial charge in [0.1, 0.15) is 40.1 Å². The molecule has 0 bridgehead atoms. The van der Waals surface area contributed by atoms with Gasteiger partial charge in [0.25, 0.3) is 5.91 Å². The zero-order chi connectivity index (χ0) is 22.8. The standard InChI is InChI=1S/C21H15F4NO5/c22-12-2-5-14(6-3-12)31-15-4-1-11(16(9-15)21(23,24)25)10-26-20(30)19-17(28)7-13(27)8-18(19)29/h1-9,27-29H,10H2,(H,26,30). The summed E-state index contributed by atoms with van der Waals surface area (Å²) >= 11 is 0. The monoisotopic (exact) mass is 437 g/mol. The van der Waals surface area contributed by atoms with Crippen LogP contribution in [0.3, 0.4) is 0 Å². The van der Waals surface area contributed by atoms with E-state index in [1.165, 1.54) is 18.2 Å². The van der Waals surface area contributed by atoms with E-state index in [1.54, 1.807) is 0 Å². The molecule has 3 aromatic rings. The van der Waals surface area contributed by atoms with Crippen LogP contribution in [0.25, 0.3) is 0 Å². The predicted molar refractivity (Wildman–Crippen MR) is 101 cm³/mol. The van der Waals surface area contributed by atoms with Crippen molar-refractivity contribution in [3.8, 4) is 28.7 Å². The largest absolute Gasteiger partial charge is 0.508 e. The van der Waals surface area contributed by atoms with Crippen molar-refractivity contribution in [3.05, 3.63) is 77.1 Å². The number of carbonyl (C=O) groups is 1. The lowest BCUT2D eigenvalue weighted by Gasteiger charge is -2.16. The highest BCUT2D eigenvalue weighted by Gasteiger charge is 2.34. The minimum atomic E-state index is -4.77. The van der Waals surface area contributed by atoms with Crippen molar-refractivity contribution >= 4 is 5.91 Å². The van der Waals surface area contributed by atoms with Crippen molar-refractivity contribution < 1.29 is 42.4 Å². The molecule has 0 heterocycles. The highest BCUT2D eigenvalue weighted by atomic mass is 19.4. The fourth-order valence-corrected chi connectivity index (χ4v) is 2.77. The number of aromatic hydroxyl groups is 3. The lowest BCUT2D eigenvalue weighted by Crippen LogP contribution is -2.24. The smallest absolute Gasteiger partial charge is 0.416 e. The summed E-state index contributed by atoms with van der Waals surface area (Å²) in [7, 11) is 0. The second-order valence-corrected chi connectivity index (χ2v) is 6.41. The SMILES string of the molecule is O=C(NCc1ccc(Oc2ccc(F)cc2)cc1C(F)(F)F)c1c(O)cc(O)cc1O. The van der Waals surface area contributed by atoms with Crippen molar-refractivity contribution in [1.29, 1.82) is 0 Å². The van der Waals surface area contributed by atoms with E-state index in [9.17, 15) is 37.7 Å². The van der Waals surface area contributed by atoms with Crippen LogP contribution in [0.4, 0.5) is 17.6 Å². The number of hydrogen-bond acceptors (Lipinski definition) is 5. The Bertz CT molecular complexity index is 1090. The number of rotatable bonds is 5. The first kappa shape index (κ1) is 21.8. The highest BCUT2D eigenvalue weighted by molar-refractivity contribution is 5.99. The van der Waals surface area contributed by atoms with E-state index in [4.69, 9.17) is 4.74 Å². The number of phenolic OH excluding ortho intramolecular Hbond substituents is 3. The second-order valence-electron chi connectivity index (χ2n) is 6.41. The van der Waals surface area contributed by atoms with E-state index in [1.807, 2.05) is 0 Å². The maximum Gasteiger partial charge on any atom is 0.416 e. The predicted octanol–water partition coefficient (Wildman–Crippen LogP) is 4.68. The van der Waals surface area contributed by atoms with Crippen LogP contribution in [-0.2, 0) is 12.7 Å². The van der Waals surface area contributed by atoms with E-state index in [2.05, 4.69) is 5.32 Å². The van der Waals surface area contributed by atoms with Crippen LogP contribution in [0.1, 0.15) is 21.5 Å². The Labute approximate surface area is 173 Å². The first-order valence-corrected chi connectivity index (χ1v) is 8.71. The Hall–Kier alpha value is -3.95. The minimum absolute atomic E-state index is 0.133. The van der Waals surface area contributed by atoms with Gasteiger partial charge in [-0.2, -0.15) is 13.2 Å². The Morgan fingerprint density at radius 3 is 2.06 bits per heavy atom. The molecule has 0 spiro atoms. The second kappa shape index (κ2) is 8.42. The normalized spacial score (nSPS) is 11.2. The van der Waals surface area contributed by atoms with Gasteiger partial charge in [0.05, 0.1) is 5.56 Å². The van der Waals surface area contributed by atoms with Gasteiger partial charge in [0.2, 0.25) is 0 Å². The molecule has 162 valence electrons. The van der Waals surface area contributed by atoms with Crippen LogP contribution in [0.5, 0.6) is 28.7 Å². The fourth-order valence-electron chi connectivity index (χ4n) is 2.77. The molecule has 0 saturated heterocycles. The molecule has 0 aliphatic rings. The Morgan fingerprint density at radius 2 is 1.48 bits per heavy atom. The summed E-state index contributed by atoms with van der Waals surface area (Å²) in [6, 6.07) is 9.39. The molecule has 0 unspecified atom stereocenters. The lowest BCUT2D eigenvalue weighted by atomic mass is 10.1. The molecule has 0 saturated carbocycles. The number of halogens is 4. The zero-order valence-corrected chi connectivity index (χ0v) is 15.6. The molecule has 0 radical (unpaired) electrons. The number of alkyl halides is 3. The molecule has 6 nitrogen and oxygen atoms in total. The van der Waals surface area contributed by atoms with Gasteiger partial charge in [-0.05, 0) is 42.0 Å². The Morgan fingerprint density at radius 1 is 0.903 bits per heavy atom. The van der Waals surface area contributed by atoms with E-state index < -0.39 is 52.8 Å². The number of benzene rings is 3. The summed E-state index contributed by atoms with van der Waals surface area (Å²) in [6.07, 6.45) is -4.77. The van der Waals surface area contributed by atoms with Gasteiger partial charge in [0.15, 0.2) is 0 Å². The van der Waals surface area contributed by atoms with E-state index in [-0.39, 0.29) is 17.1 Å². The molecular formula is C21H15F4NO5.